The highest BCUT2D eigenvalue weighted by Gasteiger charge is 2.29. The van der Waals surface area contributed by atoms with Gasteiger partial charge in [0.2, 0.25) is 0 Å². The number of rotatable bonds is 4. The van der Waals surface area contributed by atoms with Crippen LogP contribution in [0.4, 0.5) is 0 Å². The molecule has 3 heterocycles. The number of nitrogens with one attached hydrogen (secondary N) is 1. The van der Waals surface area contributed by atoms with Gasteiger partial charge < -0.3 is 14.6 Å². The van der Waals surface area contributed by atoms with Gasteiger partial charge in [-0.1, -0.05) is 5.16 Å². The monoisotopic (exact) mass is 290 g/mol. The summed E-state index contributed by atoms with van der Waals surface area (Å²) >= 11 is 0. The highest BCUT2D eigenvalue weighted by Crippen LogP contribution is 2.32. The minimum atomic E-state index is -0.224. The van der Waals surface area contributed by atoms with E-state index in [-0.39, 0.29) is 17.9 Å². The lowest BCUT2D eigenvalue weighted by Crippen LogP contribution is -2.35. The maximum Gasteiger partial charge on any atom is 0.273 e. The summed E-state index contributed by atoms with van der Waals surface area (Å²) in [5, 5.41) is 10.7. The first-order valence-electron chi connectivity index (χ1n) is 7.04. The summed E-state index contributed by atoms with van der Waals surface area (Å²) < 4.78 is 12.4. The molecule has 1 aliphatic heterocycles. The van der Waals surface area contributed by atoms with Crippen LogP contribution in [0.2, 0.25) is 0 Å². The molecule has 21 heavy (non-hydrogen) atoms. The number of carbonyl (C=O) groups excluding carboxylic acids is 1. The van der Waals surface area contributed by atoms with Crippen molar-refractivity contribution in [2.75, 3.05) is 13.2 Å². The Labute approximate surface area is 122 Å². The summed E-state index contributed by atoms with van der Waals surface area (Å²) in [4.78, 5) is 11.9. The molecule has 112 valence electrons. The van der Waals surface area contributed by atoms with E-state index in [0.717, 1.165) is 25.1 Å². The number of nitrogens with zero attached hydrogens (tertiary/aromatic N) is 3. The highest BCUT2D eigenvalue weighted by molar-refractivity contribution is 5.91. The Balaban J connectivity index is 1.65. The zero-order valence-corrected chi connectivity index (χ0v) is 11.9. The zero-order chi connectivity index (χ0) is 14.7. The lowest BCUT2D eigenvalue weighted by Gasteiger charge is -2.31. The molecule has 0 spiro atoms. The molecule has 2 atom stereocenters. The first-order chi connectivity index (χ1) is 10.3. The van der Waals surface area contributed by atoms with Gasteiger partial charge in [0.15, 0.2) is 5.69 Å². The van der Waals surface area contributed by atoms with Gasteiger partial charge in [-0.2, -0.15) is 5.10 Å². The summed E-state index contributed by atoms with van der Waals surface area (Å²) in [5.41, 5.74) is 1.33. The van der Waals surface area contributed by atoms with E-state index in [1.165, 1.54) is 6.26 Å². The van der Waals surface area contributed by atoms with E-state index in [2.05, 4.69) is 20.1 Å². The van der Waals surface area contributed by atoms with Gasteiger partial charge >= 0.3 is 0 Å². The molecule has 0 aromatic carbocycles. The van der Waals surface area contributed by atoms with Crippen LogP contribution in [0.25, 0.3) is 0 Å². The van der Waals surface area contributed by atoms with Gasteiger partial charge in [0.1, 0.15) is 12.4 Å². The normalized spacial score (nSPS) is 22.1. The molecule has 0 unspecified atom stereocenters. The number of hydrogen-bond acceptors (Lipinski definition) is 5. The van der Waals surface area contributed by atoms with Crippen molar-refractivity contribution in [1.82, 2.24) is 20.3 Å². The lowest BCUT2D eigenvalue weighted by atomic mass is 9.92. The Morgan fingerprint density at radius 1 is 1.52 bits per heavy atom. The van der Waals surface area contributed by atoms with Crippen LogP contribution in [0.5, 0.6) is 0 Å². The van der Waals surface area contributed by atoms with Gasteiger partial charge in [0.05, 0.1) is 5.69 Å². The van der Waals surface area contributed by atoms with Gasteiger partial charge in [-0.25, -0.2) is 0 Å². The summed E-state index contributed by atoms with van der Waals surface area (Å²) in [7, 11) is 1.90. The van der Waals surface area contributed by atoms with Crippen molar-refractivity contribution in [1.29, 1.82) is 0 Å². The maximum absolute atomic E-state index is 11.9. The molecule has 1 N–H and O–H groups in total. The minimum Gasteiger partial charge on any atom is -0.372 e. The number of hydrogen-bond donors (Lipinski definition) is 1. The van der Waals surface area contributed by atoms with Crippen LogP contribution < -0.4 is 5.32 Å². The molecule has 2 aromatic rings. The molecule has 0 aliphatic carbocycles. The fraction of sp³-hybridized carbons (Fsp3) is 0.500. The molecule has 1 fully saturated rings. The van der Waals surface area contributed by atoms with Gasteiger partial charge in [0.25, 0.3) is 5.91 Å². The predicted octanol–water partition coefficient (Wildman–Crippen LogP) is 1.31. The molecule has 1 amide bonds. The largest absolute Gasteiger partial charge is 0.372 e. The minimum absolute atomic E-state index is 0.0381. The molecular formula is C14H18N4O3. The van der Waals surface area contributed by atoms with Crippen molar-refractivity contribution in [3.8, 4) is 0 Å². The van der Waals surface area contributed by atoms with Crippen LogP contribution in [0.3, 0.4) is 0 Å². The molecule has 0 saturated carbocycles. The van der Waals surface area contributed by atoms with Crippen LogP contribution in [0.15, 0.2) is 29.1 Å². The Morgan fingerprint density at radius 2 is 2.43 bits per heavy atom. The second-order valence-electron chi connectivity index (χ2n) is 5.17. The third-order valence-corrected chi connectivity index (χ3v) is 3.79. The molecular weight excluding hydrogens is 272 g/mol. The number of carbonyl (C=O) groups is 1. The molecule has 1 saturated heterocycles. The molecule has 0 radical (unpaired) electrons. The number of aromatic nitrogens is 3. The fourth-order valence-corrected chi connectivity index (χ4v) is 2.69. The number of aryl methyl sites for hydroxylation is 1. The van der Waals surface area contributed by atoms with Crippen molar-refractivity contribution in [3.63, 3.8) is 0 Å². The number of amides is 1. The summed E-state index contributed by atoms with van der Waals surface area (Å²) in [6.45, 7) is 1.28. The highest BCUT2D eigenvalue weighted by atomic mass is 16.5. The van der Waals surface area contributed by atoms with Gasteiger partial charge in [-0.3, -0.25) is 9.48 Å². The predicted molar refractivity (Wildman–Crippen MR) is 73.5 cm³/mol. The van der Waals surface area contributed by atoms with Crippen molar-refractivity contribution in [2.45, 2.75) is 18.9 Å². The molecule has 2 aromatic heterocycles. The molecule has 7 heteroatoms. The fourth-order valence-electron chi connectivity index (χ4n) is 2.69. The summed E-state index contributed by atoms with van der Waals surface area (Å²) in [5.74, 6) is 0.00285. The van der Waals surface area contributed by atoms with Crippen molar-refractivity contribution in [3.05, 3.63) is 36.0 Å². The van der Waals surface area contributed by atoms with Crippen LogP contribution in [0, 0.1) is 5.92 Å². The quantitative estimate of drug-likeness (QED) is 0.918. The van der Waals surface area contributed by atoms with Crippen LogP contribution in [0.1, 0.15) is 35.1 Å². The maximum atomic E-state index is 11.9. The first-order valence-corrected chi connectivity index (χ1v) is 7.04. The van der Waals surface area contributed by atoms with E-state index >= 15 is 0 Å². The smallest absolute Gasteiger partial charge is 0.273 e. The Bertz CT molecular complexity index is 593. The van der Waals surface area contributed by atoms with Crippen molar-refractivity contribution >= 4 is 5.91 Å². The number of ether oxygens (including phenoxy) is 1. The van der Waals surface area contributed by atoms with E-state index in [4.69, 9.17) is 4.74 Å². The average molecular weight is 290 g/mol. The van der Waals surface area contributed by atoms with E-state index in [1.54, 1.807) is 12.3 Å². The lowest BCUT2D eigenvalue weighted by molar-refractivity contribution is -0.0317. The summed E-state index contributed by atoms with van der Waals surface area (Å²) in [6.07, 6.45) is 5.12. The Hall–Kier alpha value is -2.15. The topological polar surface area (TPSA) is 82.2 Å². The van der Waals surface area contributed by atoms with Gasteiger partial charge in [0, 0.05) is 38.4 Å². The third kappa shape index (κ3) is 2.97. The van der Waals surface area contributed by atoms with Crippen LogP contribution in [-0.4, -0.2) is 34.0 Å². The Kier molecular flexibility index (Phi) is 4.01. The zero-order valence-electron chi connectivity index (χ0n) is 11.9. The SMILES string of the molecule is Cn1nccc1[C@@H]1OCCC[C@H]1CNC(=O)c1ccon1. The molecule has 0 bridgehead atoms. The van der Waals surface area contributed by atoms with Crippen LogP contribution >= 0.6 is 0 Å². The van der Waals surface area contributed by atoms with E-state index in [0.29, 0.717) is 12.2 Å². The Morgan fingerprint density at radius 3 is 3.14 bits per heavy atom. The van der Waals surface area contributed by atoms with Crippen molar-refractivity contribution in [2.24, 2.45) is 13.0 Å². The third-order valence-electron chi connectivity index (χ3n) is 3.79. The standard InChI is InChI=1S/C14H18N4O3/c1-18-12(4-6-16-18)13-10(3-2-7-20-13)9-15-14(19)11-5-8-21-17-11/h4-6,8,10,13H,2-3,7,9H2,1H3,(H,15,19)/t10-,13+/m0/s1. The van der Waals surface area contributed by atoms with Crippen molar-refractivity contribution < 1.29 is 14.1 Å². The molecule has 3 rings (SSSR count). The summed E-state index contributed by atoms with van der Waals surface area (Å²) in [6, 6.07) is 3.51. The molecule has 7 nitrogen and oxygen atoms in total. The second-order valence-corrected chi connectivity index (χ2v) is 5.17. The average Bonchev–Trinajstić information content (AvgIpc) is 3.16. The molecule has 1 aliphatic rings. The first kappa shape index (κ1) is 13.8. The van der Waals surface area contributed by atoms with Crippen LogP contribution in [-0.2, 0) is 11.8 Å². The van der Waals surface area contributed by atoms with Gasteiger partial charge in [-0.05, 0) is 18.9 Å². The van der Waals surface area contributed by atoms with Gasteiger partial charge in [-0.15, -0.1) is 0 Å². The van der Waals surface area contributed by atoms with E-state index < -0.39 is 0 Å². The van der Waals surface area contributed by atoms with E-state index in [9.17, 15) is 4.79 Å². The second kappa shape index (κ2) is 6.09. The van der Waals surface area contributed by atoms with E-state index in [1.807, 2.05) is 17.8 Å².